The van der Waals surface area contributed by atoms with Crippen molar-refractivity contribution < 1.29 is 34.2 Å². The van der Waals surface area contributed by atoms with Crippen LogP contribution < -0.4 is 27.0 Å². The number of fused-ring (bicyclic) bond motifs is 1. The van der Waals surface area contributed by atoms with E-state index in [1.165, 1.54) is 12.1 Å². The van der Waals surface area contributed by atoms with Gasteiger partial charge in [-0.25, -0.2) is 4.79 Å². The van der Waals surface area contributed by atoms with Gasteiger partial charge in [0.2, 0.25) is 23.6 Å². The van der Waals surface area contributed by atoms with E-state index < -0.39 is 60.3 Å². The number of carbonyl (C=O) groups is 5. The van der Waals surface area contributed by atoms with Gasteiger partial charge in [0.15, 0.2) is 0 Å². The summed E-state index contributed by atoms with van der Waals surface area (Å²) < 4.78 is 0. The molecule has 0 bridgehead atoms. The number of hydrogen-bond acceptors (Lipinski definition) is 7. The Morgan fingerprint density at radius 1 is 0.604 bits per heavy atom. The first-order chi connectivity index (χ1) is 25.5. The molecule has 9 N–H and O–H groups in total. The van der Waals surface area contributed by atoms with Crippen LogP contribution in [0.2, 0.25) is 0 Å². The number of phenols is 1. The van der Waals surface area contributed by atoms with Crippen LogP contribution in [-0.4, -0.2) is 75.5 Å². The third-order valence-electron chi connectivity index (χ3n) is 8.72. The fourth-order valence-electron chi connectivity index (χ4n) is 5.90. The number of carboxylic acid groups (broad SMARTS) is 1. The van der Waals surface area contributed by atoms with Crippen molar-refractivity contribution in [2.24, 2.45) is 5.73 Å². The van der Waals surface area contributed by atoms with Gasteiger partial charge in [0.05, 0.1) is 12.6 Å². The van der Waals surface area contributed by atoms with Crippen LogP contribution >= 0.6 is 0 Å². The summed E-state index contributed by atoms with van der Waals surface area (Å²) in [7, 11) is 0. The molecule has 4 amide bonds. The van der Waals surface area contributed by atoms with E-state index in [1.54, 1.807) is 18.3 Å². The molecule has 4 atom stereocenters. The van der Waals surface area contributed by atoms with Gasteiger partial charge in [-0.05, 0) is 46.9 Å². The Morgan fingerprint density at radius 2 is 1.15 bits per heavy atom. The summed E-state index contributed by atoms with van der Waals surface area (Å²) in [6, 6.07) is 27.1. The number of carbonyl (C=O) groups excluding carboxylic acids is 4. The second-order valence-corrected chi connectivity index (χ2v) is 12.7. The fraction of sp³-hybridized carbons (Fsp3) is 0.225. The molecule has 0 aliphatic heterocycles. The zero-order valence-electron chi connectivity index (χ0n) is 28.8. The molecule has 0 fully saturated rings. The molecule has 53 heavy (non-hydrogen) atoms. The summed E-state index contributed by atoms with van der Waals surface area (Å²) in [6.07, 6.45) is 2.06. The lowest BCUT2D eigenvalue weighted by Gasteiger charge is -2.24. The summed E-state index contributed by atoms with van der Waals surface area (Å²) in [5.74, 6) is -3.91. The molecule has 0 spiro atoms. The molecular formula is C40H42N6O7. The van der Waals surface area contributed by atoms with Crippen LogP contribution in [0.5, 0.6) is 5.75 Å². The number of aromatic hydroxyl groups is 1. The Bertz CT molecular complexity index is 2020. The van der Waals surface area contributed by atoms with Gasteiger partial charge >= 0.3 is 5.97 Å². The molecule has 0 saturated carbocycles. The average Bonchev–Trinajstić information content (AvgIpc) is 3.57. The number of benzene rings is 4. The smallest absolute Gasteiger partial charge is 0.326 e. The van der Waals surface area contributed by atoms with Gasteiger partial charge in [0.1, 0.15) is 23.9 Å². The van der Waals surface area contributed by atoms with Crippen LogP contribution in [0.4, 0.5) is 0 Å². The minimum atomic E-state index is -1.30. The maximum Gasteiger partial charge on any atom is 0.326 e. The third kappa shape index (κ3) is 11.0. The molecule has 1 aromatic heterocycles. The number of aromatic nitrogens is 1. The first-order valence-electron chi connectivity index (χ1n) is 17.1. The summed E-state index contributed by atoms with van der Waals surface area (Å²) in [5, 5.41) is 30.6. The molecule has 0 saturated heterocycles. The minimum absolute atomic E-state index is 0.0158. The second kappa shape index (κ2) is 18.1. The van der Waals surface area contributed by atoms with Crippen molar-refractivity contribution in [2.75, 3.05) is 6.54 Å². The molecule has 274 valence electrons. The van der Waals surface area contributed by atoms with Gasteiger partial charge in [-0.2, -0.15) is 0 Å². The highest BCUT2D eigenvalue weighted by molar-refractivity contribution is 5.95. The van der Waals surface area contributed by atoms with E-state index in [-0.39, 0.29) is 31.4 Å². The number of amides is 4. The predicted octanol–water partition coefficient (Wildman–Crippen LogP) is 2.13. The van der Waals surface area contributed by atoms with Gasteiger partial charge in [0, 0.05) is 36.4 Å². The summed E-state index contributed by atoms with van der Waals surface area (Å²) in [5.41, 5.74) is 9.99. The number of carboxylic acids is 1. The molecule has 0 aliphatic rings. The monoisotopic (exact) mass is 718 g/mol. The van der Waals surface area contributed by atoms with Gasteiger partial charge in [-0.15, -0.1) is 0 Å². The van der Waals surface area contributed by atoms with Gasteiger partial charge in [-0.3, -0.25) is 19.2 Å². The molecule has 1 heterocycles. The number of hydrogen-bond donors (Lipinski definition) is 8. The van der Waals surface area contributed by atoms with Crippen molar-refractivity contribution in [3.63, 3.8) is 0 Å². The van der Waals surface area contributed by atoms with Crippen molar-refractivity contribution in [1.82, 2.24) is 26.3 Å². The molecule has 4 unspecified atom stereocenters. The number of aliphatic carboxylic acids is 1. The van der Waals surface area contributed by atoms with Crippen molar-refractivity contribution in [1.29, 1.82) is 0 Å². The van der Waals surface area contributed by atoms with Crippen LogP contribution in [0.15, 0.2) is 115 Å². The number of phenolic OH excluding ortho intramolecular Hbond substituents is 1. The van der Waals surface area contributed by atoms with Crippen LogP contribution in [0.25, 0.3) is 10.9 Å². The number of para-hydroxylation sites is 1. The predicted molar refractivity (Wildman–Crippen MR) is 199 cm³/mol. The van der Waals surface area contributed by atoms with E-state index in [4.69, 9.17) is 5.73 Å². The number of nitrogens with one attached hydrogen (secondary N) is 5. The number of H-pyrrole nitrogens is 1. The fourth-order valence-corrected chi connectivity index (χ4v) is 5.90. The molecular weight excluding hydrogens is 676 g/mol. The Morgan fingerprint density at radius 3 is 1.81 bits per heavy atom. The van der Waals surface area contributed by atoms with Crippen LogP contribution in [0.3, 0.4) is 0 Å². The van der Waals surface area contributed by atoms with Gasteiger partial charge in [0.25, 0.3) is 0 Å². The molecule has 0 radical (unpaired) electrons. The quantitative estimate of drug-likeness (QED) is 0.0711. The number of rotatable bonds is 17. The van der Waals surface area contributed by atoms with Crippen LogP contribution in [0, 0.1) is 0 Å². The first-order valence-corrected chi connectivity index (χ1v) is 17.1. The molecule has 13 heteroatoms. The lowest BCUT2D eigenvalue weighted by molar-refractivity contribution is -0.141. The van der Waals surface area contributed by atoms with Gasteiger partial charge in [-0.1, -0.05) is 91.0 Å². The maximum atomic E-state index is 14.0. The van der Waals surface area contributed by atoms with E-state index in [1.807, 2.05) is 84.9 Å². The molecule has 5 rings (SSSR count). The highest BCUT2D eigenvalue weighted by atomic mass is 16.4. The van der Waals surface area contributed by atoms with Gasteiger partial charge < -0.3 is 42.2 Å². The van der Waals surface area contributed by atoms with Crippen molar-refractivity contribution >= 4 is 40.5 Å². The molecule has 5 aromatic rings. The molecule has 0 aliphatic carbocycles. The summed E-state index contributed by atoms with van der Waals surface area (Å²) in [4.78, 5) is 69.0. The van der Waals surface area contributed by atoms with Crippen molar-refractivity contribution in [2.45, 2.75) is 49.9 Å². The van der Waals surface area contributed by atoms with Crippen LogP contribution in [-0.2, 0) is 49.7 Å². The zero-order valence-corrected chi connectivity index (χ0v) is 28.8. The first kappa shape index (κ1) is 37.8. The topological polar surface area (TPSA) is 216 Å². The Hall–Kier alpha value is -6.47. The maximum absolute atomic E-state index is 14.0. The Kier molecular flexibility index (Phi) is 12.9. The Labute approximate surface area is 306 Å². The van der Waals surface area contributed by atoms with E-state index in [0.29, 0.717) is 5.56 Å². The lowest BCUT2D eigenvalue weighted by atomic mass is 10.0. The summed E-state index contributed by atoms with van der Waals surface area (Å²) >= 11 is 0. The summed E-state index contributed by atoms with van der Waals surface area (Å²) in [6.45, 7) is -0.572. The van der Waals surface area contributed by atoms with Crippen LogP contribution in [0.1, 0.15) is 22.3 Å². The normalized spacial score (nSPS) is 13.2. The van der Waals surface area contributed by atoms with E-state index in [2.05, 4.69) is 26.3 Å². The largest absolute Gasteiger partial charge is 0.508 e. The molecule has 13 nitrogen and oxygen atoms in total. The highest BCUT2D eigenvalue weighted by Gasteiger charge is 2.30. The second-order valence-electron chi connectivity index (χ2n) is 12.7. The number of aromatic amines is 1. The van der Waals surface area contributed by atoms with E-state index in [9.17, 15) is 34.2 Å². The Balaban J connectivity index is 1.31. The third-order valence-corrected chi connectivity index (χ3v) is 8.72. The van der Waals surface area contributed by atoms with E-state index in [0.717, 1.165) is 27.6 Å². The zero-order chi connectivity index (χ0) is 37.7. The van der Waals surface area contributed by atoms with E-state index >= 15 is 0 Å². The SMILES string of the molecule is NC(Cc1ccccc1)C(=O)NC(Cc1ccccc1)C(=O)NC(Cc1c[nH]c2ccccc12)C(=O)NCC(=O)NC(Cc1ccc(O)cc1)C(=O)O. The minimum Gasteiger partial charge on any atom is -0.508 e. The number of nitrogens with two attached hydrogens (primary N) is 1. The highest BCUT2D eigenvalue weighted by Crippen LogP contribution is 2.19. The average molecular weight is 719 g/mol. The van der Waals surface area contributed by atoms with Crippen molar-refractivity contribution in [3.8, 4) is 5.75 Å². The van der Waals surface area contributed by atoms with Crippen molar-refractivity contribution in [3.05, 3.63) is 138 Å². The molecule has 4 aromatic carbocycles. The lowest BCUT2D eigenvalue weighted by Crippen LogP contribution is -2.57. The standard InChI is InChI=1S/C40H42N6O7/c41-31(19-25-9-3-1-4-10-25)37(49)45-33(20-26-11-5-2-6-12-26)39(51)46-34(22-28-23-42-32-14-8-7-13-30(28)32)38(50)43-24-36(48)44-35(40(52)53)21-27-15-17-29(47)18-16-27/h1-18,23,31,33-35,42,47H,19-22,24,41H2,(H,43,50)(H,44,48)(H,45,49)(H,46,51)(H,52,53).